The Labute approximate surface area is 80.7 Å². The summed E-state index contributed by atoms with van der Waals surface area (Å²) in [5.41, 5.74) is -1.28. The quantitative estimate of drug-likeness (QED) is 0.751. The third-order valence-corrected chi connectivity index (χ3v) is 3.26. The van der Waals surface area contributed by atoms with E-state index in [4.69, 9.17) is 5.11 Å². The molecule has 1 aliphatic carbocycles. The Hall–Kier alpha value is -0.290. The van der Waals surface area contributed by atoms with E-state index < -0.39 is 24.1 Å². The molecule has 1 heterocycles. The van der Waals surface area contributed by atoms with Crippen LogP contribution in [0.4, 0.5) is 13.2 Å². The average molecular weight is 209 g/mol. The van der Waals surface area contributed by atoms with Crippen LogP contribution in [0.2, 0.25) is 0 Å². The molecule has 2 nitrogen and oxygen atoms in total. The maximum Gasteiger partial charge on any atom is 0.258 e. The highest BCUT2D eigenvalue weighted by Gasteiger charge is 2.71. The van der Waals surface area contributed by atoms with Gasteiger partial charge in [0.2, 0.25) is 0 Å². The standard InChI is InChI=1S/C9H14F3NO/c10-7-1-2-13(3-7)5-8(6-14)4-9(8,11)12/h7,14H,1-6H2/t7-,8+/m0/s1. The van der Waals surface area contributed by atoms with Gasteiger partial charge in [0.05, 0.1) is 12.0 Å². The third-order valence-electron chi connectivity index (χ3n) is 3.26. The van der Waals surface area contributed by atoms with Crippen LogP contribution in [0, 0.1) is 5.41 Å². The fourth-order valence-corrected chi connectivity index (χ4v) is 2.13. The van der Waals surface area contributed by atoms with E-state index in [0.717, 1.165) is 0 Å². The van der Waals surface area contributed by atoms with Crippen molar-refractivity contribution in [3.8, 4) is 0 Å². The first-order chi connectivity index (χ1) is 6.49. The van der Waals surface area contributed by atoms with E-state index in [2.05, 4.69) is 0 Å². The number of aliphatic hydroxyl groups excluding tert-OH is 1. The van der Waals surface area contributed by atoms with Crippen LogP contribution in [0.5, 0.6) is 0 Å². The molecule has 0 spiro atoms. The molecule has 14 heavy (non-hydrogen) atoms. The van der Waals surface area contributed by atoms with Gasteiger partial charge in [-0.1, -0.05) is 0 Å². The summed E-state index contributed by atoms with van der Waals surface area (Å²) >= 11 is 0. The molecule has 1 aliphatic heterocycles. The Morgan fingerprint density at radius 1 is 1.43 bits per heavy atom. The van der Waals surface area contributed by atoms with Gasteiger partial charge < -0.3 is 5.11 Å². The van der Waals surface area contributed by atoms with Crippen molar-refractivity contribution in [1.82, 2.24) is 4.90 Å². The van der Waals surface area contributed by atoms with Gasteiger partial charge in [0.1, 0.15) is 6.17 Å². The van der Waals surface area contributed by atoms with E-state index in [-0.39, 0.29) is 19.5 Å². The molecule has 2 fully saturated rings. The van der Waals surface area contributed by atoms with Crippen LogP contribution >= 0.6 is 0 Å². The summed E-state index contributed by atoms with van der Waals surface area (Å²) in [6, 6.07) is 0. The maximum absolute atomic E-state index is 12.9. The van der Waals surface area contributed by atoms with Crippen LogP contribution in [0.15, 0.2) is 0 Å². The van der Waals surface area contributed by atoms with E-state index >= 15 is 0 Å². The van der Waals surface area contributed by atoms with Gasteiger partial charge in [-0.2, -0.15) is 0 Å². The van der Waals surface area contributed by atoms with Gasteiger partial charge in [-0.25, -0.2) is 13.2 Å². The maximum atomic E-state index is 12.9. The Bertz CT molecular complexity index is 236. The van der Waals surface area contributed by atoms with Gasteiger partial charge >= 0.3 is 0 Å². The number of likely N-dealkylation sites (tertiary alicyclic amines) is 1. The zero-order valence-electron chi connectivity index (χ0n) is 7.85. The highest BCUT2D eigenvalue weighted by atomic mass is 19.3. The lowest BCUT2D eigenvalue weighted by Crippen LogP contribution is -2.34. The topological polar surface area (TPSA) is 23.5 Å². The summed E-state index contributed by atoms with van der Waals surface area (Å²) in [6.45, 7) is 0.376. The predicted molar refractivity (Wildman–Crippen MR) is 45.0 cm³/mol. The normalized spacial score (nSPS) is 41.6. The van der Waals surface area contributed by atoms with Gasteiger partial charge in [-0.15, -0.1) is 0 Å². The number of nitrogens with zero attached hydrogens (tertiary/aromatic N) is 1. The monoisotopic (exact) mass is 209 g/mol. The van der Waals surface area contributed by atoms with E-state index in [1.165, 1.54) is 0 Å². The smallest absolute Gasteiger partial charge is 0.258 e. The number of aliphatic hydroxyl groups is 1. The first-order valence-electron chi connectivity index (χ1n) is 4.84. The van der Waals surface area contributed by atoms with Crippen LogP contribution in [0.1, 0.15) is 12.8 Å². The van der Waals surface area contributed by atoms with Gasteiger partial charge in [-0.05, 0) is 6.42 Å². The summed E-state index contributed by atoms with van der Waals surface area (Å²) in [5.74, 6) is -2.75. The molecule has 2 rings (SSSR count). The Morgan fingerprint density at radius 3 is 2.43 bits per heavy atom. The second-order valence-corrected chi connectivity index (χ2v) is 4.44. The molecule has 0 radical (unpaired) electrons. The molecule has 5 heteroatoms. The molecule has 2 atom stereocenters. The molecular weight excluding hydrogens is 195 g/mol. The molecular formula is C9H14F3NO. The summed E-state index contributed by atoms with van der Waals surface area (Å²) in [5, 5.41) is 8.92. The lowest BCUT2D eigenvalue weighted by atomic mass is 10.1. The highest BCUT2D eigenvalue weighted by molar-refractivity contribution is 5.11. The Balaban J connectivity index is 1.91. The zero-order valence-corrected chi connectivity index (χ0v) is 7.85. The number of halogens is 3. The Morgan fingerprint density at radius 2 is 2.07 bits per heavy atom. The first kappa shape index (κ1) is 10.2. The molecule has 0 unspecified atom stereocenters. The molecule has 0 bridgehead atoms. The zero-order chi connectivity index (χ0) is 10.4. The minimum absolute atomic E-state index is 0.122. The predicted octanol–water partition coefficient (Wildman–Crippen LogP) is 1.05. The lowest BCUT2D eigenvalue weighted by Gasteiger charge is -2.21. The van der Waals surface area contributed by atoms with E-state index in [1.54, 1.807) is 4.90 Å². The molecule has 0 aromatic heterocycles. The van der Waals surface area contributed by atoms with Crippen molar-refractivity contribution >= 4 is 0 Å². The van der Waals surface area contributed by atoms with Crippen LogP contribution in [-0.4, -0.2) is 48.3 Å². The highest BCUT2D eigenvalue weighted by Crippen LogP contribution is 2.60. The van der Waals surface area contributed by atoms with Crippen molar-refractivity contribution in [3.63, 3.8) is 0 Å². The molecule has 0 aromatic carbocycles. The minimum atomic E-state index is -2.75. The largest absolute Gasteiger partial charge is 0.396 e. The van der Waals surface area contributed by atoms with Crippen LogP contribution in [0.3, 0.4) is 0 Å². The molecule has 82 valence electrons. The van der Waals surface area contributed by atoms with Gasteiger partial charge in [0.15, 0.2) is 0 Å². The fraction of sp³-hybridized carbons (Fsp3) is 1.00. The summed E-state index contributed by atoms with van der Waals surface area (Å²) in [4.78, 5) is 1.68. The lowest BCUT2D eigenvalue weighted by molar-refractivity contribution is 0.0210. The molecule has 0 aromatic rings. The second kappa shape index (κ2) is 3.10. The van der Waals surface area contributed by atoms with Crippen molar-refractivity contribution in [2.24, 2.45) is 5.41 Å². The average Bonchev–Trinajstić information content (AvgIpc) is 2.43. The number of hydrogen-bond donors (Lipinski definition) is 1. The SMILES string of the molecule is OC[C@]1(CN2CC[C@H](F)C2)CC1(F)F. The van der Waals surface area contributed by atoms with Crippen molar-refractivity contribution in [2.45, 2.75) is 24.9 Å². The molecule has 1 saturated heterocycles. The minimum Gasteiger partial charge on any atom is -0.396 e. The molecule has 1 saturated carbocycles. The van der Waals surface area contributed by atoms with Gasteiger partial charge in [0, 0.05) is 26.1 Å². The van der Waals surface area contributed by atoms with Crippen LogP contribution in [-0.2, 0) is 0 Å². The van der Waals surface area contributed by atoms with E-state index in [0.29, 0.717) is 13.0 Å². The Kier molecular flexibility index (Phi) is 2.27. The molecule has 0 amide bonds. The summed E-state index contributed by atoms with van der Waals surface area (Å²) in [7, 11) is 0. The van der Waals surface area contributed by atoms with E-state index in [1.807, 2.05) is 0 Å². The molecule has 1 N–H and O–H groups in total. The third kappa shape index (κ3) is 1.52. The van der Waals surface area contributed by atoms with Crippen molar-refractivity contribution in [1.29, 1.82) is 0 Å². The van der Waals surface area contributed by atoms with Crippen LogP contribution < -0.4 is 0 Å². The van der Waals surface area contributed by atoms with Gasteiger partial charge in [-0.3, -0.25) is 4.90 Å². The number of hydrogen-bond acceptors (Lipinski definition) is 2. The number of rotatable bonds is 3. The number of alkyl halides is 3. The van der Waals surface area contributed by atoms with Crippen molar-refractivity contribution < 1.29 is 18.3 Å². The van der Waals surface area contributed by atoms with Crippen LogP contribution in [0.25, 0.3) is 0 Å². The molecule has 2 aliphatic rings. The second-order valence-electron chi connectivity index (χ2n) is 4.44. The summed E-state index contributed by atoms with van der Waals surface area (Å²) in [6.07, 6.45) is -0.727. The van der Waals surface area contributed by atoms with Crippen molar-refractivity contribution in [3.05, 3.63) is 0 Å². The first-order valence-corrected chi connectivity index (χ1v) is 4.84. The van der Waals surface area contributed by atoms with Crippen molar-refractivity contribution in [2.75, 3.05) is 26.2 Å². The van der Waals surface area contributed by atoms with E-state index in [9.17, 15) is 13.2 Å². The van der Waals surface area contributed by atoms with Gasteiger partial charge in [0.25, 0.3) is 5.92 Å². The fourth-order valence-electron chi connectivity index (χ4n) is 2.13. The summed E-state index contributed by atoms with van der Waals surface area (Å²) < 4.78 is 38.6.